The third-order valence-electron chi connectivity index (χ3n) is 2.42. The van der Waals surface area contributed by atoms with E-state index in [0.717, 1.165) is 11.3 Å². The Bertz CT molecular complexity index is 616. The number of alkyl halides is 1. The van der Waals surface area contributed by atoms with Crippen LogP contribution in [0.25, 0.3) is 0 Å². The Kier molecular flexibility index (Phi) is 4.80. The summed E-state index contributed by atoms with van der Waals surface area (Å²) in [6, 6.07) is 4.89. The predicted octanol–water partition coefficient (Wildman–Crippen LogP) is 5.88. The SMILES string of the molecule is Cc1cc(Oc2cc(Cl)c(Cl)cc2Cl)c(CCl)cn1. The average Bonchev–Trinajstić information content (AvgIpc) is 2.36. The lowest BCUT2D eigenvalue weighted by Gasteiger charge is -2.12. The van der Waals surface area contributed by atoms with E-state index >= 15 is 0 Å². The maximum atomic E-state index is 6.07. The Balaban J connectivity index is 2.41. The molecule has 0 radical (unpaired) electrons. The van der Waals surface area contributed by atoms with Crippen LogP contribution in [-0.2, 0) is 5.88 Å². The Morgan fingerprint density at radius 1 is 1.00 bits per heavy atom. The standard InChI is InChI=1S/C13H9Cl4NO/c1-7-2-12(8(5-14)6-18-7)19-13-4-10(16)9(15)3-11(13)17/h2-4,6H,5H2,1H3. The second-order valence-corrected chi connectivity index (χ2v) is 5.35. The molecule has 0 saturated heterocycles. The van der Waals surface area contributed by atoms with E-state index < -0.39 is 0 Å². The minimum atomic E-state index is 0.293. The monoisotopic (exact) mass is 335 g/mol. The van der Waals surface area contributed by atoms with Gasteiger partial charge in [-0.2, -0.15) is 0 Å². The second kappa shape index (κ2) is 6.19. The van der Waals surface area contributed by atoms with E-state index in [1.807, 2.05) is 6.92 Å². The van der Waals surface area contributed by atoms with Crippen LogP contribution >= 0.6 is 46.4 Å². The van der Waals surface area contributed by atoms with Crippen LogP contribution in [0.1, 0.15) is 11.3 Å². The molecule has 0 amide bonds. The highest BCUT2D eigenvalue weighted by Gasteiger charge is 2.11. The molecular weight excluding hydrogens is 328 g/mol. The summed E-state index contributed by atoms with van der Waals surface area (Å²) in [5.41, 5.74) is 1.59. The summed E-state index contributed by atoms with van der Waals surface area (Å²) in [5, 5.41) is 1.13. The molecule has 0 aliphatic heterocycles. The maximum absolute atomic E-state index is 6.07. The van der Waals surface area contributed by atoms with Crippen LogP contribution in [0.4, 0.5) is 0 Å². The summed E-state index contributed by atoms with van der Waals surface area (Å²) in [6.45, 7) is 1.86. The fraction of sp³-hybridized carbons (Fsp3) is 0.154. The van der Waals surface area contributed by atoms with Gasteiger partial charge in [0.15, 0.2) is 0 Å². The van der Waals surface area contributed by atoms with Gasteiger partial charge in [0.05, 0.1) is 20.9 Å². The zero-order valence-corrected chi connectivity index (χ0v) is 12.9. The van der Waals surface area contributed by atoms with Crippen molar-refractivity contribution in [2.24, 2.45) is 0 Å². The Hall–Kier alpha value is -0.670. The topological polar surface area (TPSA) is 22.1 Å². The third-order valence-corrected chi connectivity index (χ3v) is 3.72. The smallest absolute Gasteiger partial charge is 0.147 e. The first-order valence-corrected chi connectivity index (χ1v) is 7.02. The molecule has 0 unspecified atom stereocenters. The van der Waals surface area contributed by atoms with Gasteiger partial charge in [0.1, 0.15) is 11.5 Å². The van der Waals surface area contributed by atoms with Gasteiger partial charge in [-0.3, -0.25) is 4.98 Å². The third kappa shape index (κ3) is 3.46. The zero-order chi connectivity index (χ0) is 14.0. The molecule has 0 atom stereocenters. The number of aromatic nitrogens is 1. The van der Waals surface area contributed by atoms with E-state index in [1.54, 1.807) is 18.3 Å². The van der Waals surface area contributed by atoms with Gasteiger partial charge < -0.3 is 4.74 Å². The van der Waals surface area contributed by atoms with E-state index in [1.165, 1.54) is 6.07 Å². The first kappa shape index (κ1) is 14.7. The molecule has 19 heavy (non-hydrogen) atoms. The summed E-state index contributed by atoms with van der Waals surface area (Å²) in [6.07, 6.45) is 1.67. The number of benzene rings is 1. The lowest BCUT2D eigenvalue weighted by atomic mass is 10.2. The second-order valence-electron chi connectivity index (χ2n) is 3.87. The molecule has 1 aromatic heterocycles. The number of rotatable bonds is 3. The van der Waals surface area contributed by atoms with Crippen molar-refractivity contribution in [3.63, 3.8) is 0 Å². The van der Waals surface area contributed by atoms with Gasteiger partial charge in [0, 0.05) is 29.6 Å². The molecule has 6 heteroatoms. The molecule has 0 bridgehead atoms. The molecule has 2 rings (SSSR count). The van der Waals surface area contributed by atoms with Gasteiger partial charge in [-0.1, -0.05) is 34.8 Å². The van der Waals surface area contributed by atoms with Crippen molar-refractivity contribution in [1.29, 1.82) is 0 Å². The van der Waals surface area contributed by atoms with Crippen molar-refractivity contribution >= 4 is 46.4 Å². The van der Waals surface area contributed by atoms with Crippen LogP contribution < -0.4 is 4.74 Å². The van der Waals surface area contributed by atoms with E-state index in [0.29, 0.717) is 32.4 Å². The minimum Gasteiger partial charge on any atom is -0.455 e. The van der Waals surface area contributed by atoms with Crippen LogP contribution in [-0.4, -0.2) is 4.98 Å². The molecule has 1 heterocycles. The summed E-state index contributed by atoms with van der Waals surface area (Å²) in [5.74, 6) is 1.32. The number of hydrogen-bond acceptors (Lipinski definition) is 2. The lowest BCUT2D eigenvalue weighted by Crippen LogP contribution is -1.93. The number of hydrogen-bond donors (Lipinski definition) is 0. The van der Waals surface area contributed by atoms with Crippen molar-refractivity contribution in [3.8, 4) is 11.5 Å². The highest BCUT2D eigenvalue weighted by molar-refractivity contribution is 6.43. The predicted molar refractivity (Wildman–Crippen MR) is 80.1 cm³/mol. The number of ether oxygens (including phenoxy) is 1. The molecule has 0 saturated carbocycles. The first-order chi connectivity index (χ1) is 9.01. The summed E-state index contributed by atoms with van der Waals surface area (Å²) in [4.78, 5) is 4.16. The Morgan fingerprint density at radius 2 is 1.68 bits per heavy atom. The molecule has 2 nitrogen and oxygen atoms in total. The minimum absolute atomic E-state index is 0.293. The molecule has 1 aromatic carbocycles. The van der Waals surface area contributed by atoms with Crippen molar-refractivity contribution in [3.05, 3.63) is 50.7 Å². The lowest BCUT2D eigenvalue weighted by molar-refractivity contribution is 0.477. The van der Waals surface area contributed by atoms with Crippen LogP contribution in [0, 0.1) is 6.92 Å². The number of halogens is 4. The Labute approximate surface area is 131 Å². The van der Waals surface area contributed by atoms with E-state index in [9.17, 15) is 0 Å². The molecule has 2 aromatic rings. The van der Waals surface area contributed by atoms with E-state index in [-0.39, 0.29) is 0 Å². The van der Waals surface area contributed by atoms with Crippen LogP contribution in [0.15, 0.2) is 24.4 Å². The van der Waals surface area contributed by atoms with Gasteiger partial charge in [-0.25, -0.2) is 0 Å². The number of pyridine rings is 1. The molecule has 0 spiro atoms. The molecular formula is C13H9Cl4NO. The van der Waals surface area contributed by atoms with Gasteiger partial charge in [0.25, 0.3) is 0 Å². The zero-order valence-electron chi connectivity index (χ0n) is 9.88. The quantitative estimate of drug-likeness (QED) is 0.515. The maximum Gasteiger partial charge on any atom is 0.147 e. The van der Waals surface area contributed by atoms with Crippen molar-refractivity contribution < 1.29 is 4.74 Å². The summed E-state index contributed by atoms with van der Waals surface area (Å²) < 4.78 is 5.75. The van der Waals surface area contributed by atoms with Crippen molar-refractivity contribution in [1.82, 2.24) is 4.98 Å². The largest absolute Gasteiger partial charge is 0.455 e. The van der Waals surface area contributed by atoms with Crippen LogP contribution in [0.3, 0.4) is 0 Å². The first-order valence-electron chi connectivity index (χ1n) is 5.35. The van der Waals surface area contributed by atoms with Gasteiger partial charge >= 0.3 is 0 Å². The van der Waals surface area contributed by atoms with Gasteiger partial charge in [-0.15, -0.1) is 11.6 Å². The van der Waals surface area contributed by atoms with Crippen LogP contribution in [0.5, 0.6) is 11.5 Å². The number of nitrogens with zero attached hydrogens (tertiary/aromatic N) is 1. The van der Waals surface area contributed by atoms with Gasteiger partial charge in [0.2, 0.25) is 0 Å². The normalized spacial score (nSPS) is 10.6. The molecule has 100 valence electrons. The molecule has 0 aliphatic carbocycles. The molecule has 0 N–H and O–H groups in total. The van der Waals surface area contributed by atoms with E-state index in [4.69, 9.17) is 51.1 Å². The van der Waals surface area contributed by atoms with E-state index in [2.05, 4.69) is 4.98 Å². The fourth-order valence-corrected chi connectivity index (χ4v) is 2.24. The molecule has 0 fully saturated rings. The highest BCUT2D eigenvalue weighted by atomic mass is 35.5. The van der Waals surface area contributed by atoms with Crippen LogP contribution in [0.2, 0.25) is 15.1 Å². The molecule has 0 aliphatic rings. The van der Waals surface area contributed by atoms with Crippen molar-refractivity contribution in [2.75, 3.05) is 0 Å². The average molecular weight is 337 g/mol. The van der Waals surface area contributed by atoms with Crippen molar-refractivity contribution in [2.45, 2.75) is 12.8 Å². The number of aryl methyl sites for hydroxylation is 1. The van der Waals surface area contributed by atoms with Gasteiger partial charge in [-0.05, 0) is 13.0 Å². The highest BCUT2D eigenvalue weighted by Crippen LogP contribution is 2.37. The summed E-state index contributed by atoms with van der Waals surface area (Å²) in [7, 11) is 0. The fourth-order valence-electron chi connectivity index (χ4n) is 1.46. The Morgan fingerprint density at radius 3 is 2.37 bits per heavy atom. The summed E-state index contributed by atoms with van der Waals surface area (Å²) >= 11 is 23.7.